The second-order valence-electron chi connectivity index (χ2n) is 4.38. The first-order valence-corrected chi connectivity index (χ1v) is 5.50. The van der Waals surface area contributed by atoms with Crippen LogP contribution in [0, 0.1) is 5.41 Å². The van der Waals surface area contributed by atoms with E-state index in [0.717, 1.165) is 4.57 Å². The van der Waals surface area contributed by atoms with Gasteiger partial charge in [0.05, 0.1) is 11.3 Å². The van der Waals surface area contributed by atoms with Gasteiger partial charge in [-0.05, 0) is 12.8 Å². The van der Waals surface area contributed by atoms with E-state index in [1.54, 1.807) is 7.05 Å². The van der Waals surface area contributed by atoms with Crippen molar-refractivity contribution < 1.29 is 8.78 Å². The summed E-state index contributed by atoms with van der Waals surface area (Å²) in [6.07, 6.45) is -0.826. The molecule has 1 aromatic heterocycles. The van der Waals surface area contributed by atoms with E-state index in [9.17, 15) is 13.6 Å². The number of halogens is 2. The molecule has 0 bridgehead atoms. The van der Waals surface area contributed by atoms with Crippen LogP contribution in [0.25, 0.3) is 0 Å². The van der Waals surface area contributed by atoms with Crippen molar-refractivity contribution in [3.8, 4) is 0 Å². The third-order valence-corrected chi connectivity index (χ3v) is 3.26. The summed E-state index contributed by atoms with van der Waals surface area (Å²) in [6.45, 7) is 0. The van der Waals surface area contributed by atoms with Gasteiger partial charge in [-0.25, -0.2) is 8.78 Å². The van der Waals surface area contributed by atoms with E-state index in [1.807, 2.05) is 0 Å². The van der Waals surface area contributed by atoms with Gasteiger partial charge in [-0.2, -0.15) is 0 Å². The Labute approximate surface area is 102 Å². The predicted octanol–water partition coefficient (Wildman–Crippen LogP) is 0.928. The van der Waals surface area contributed by atoms with E-state index in [1.165, 1.54) is 12.3 Å². The van der Waals surface area contributed by atoms with Gasteiger partial charge in [0.15, 0.2) is 0 Å². The second-order valence-corrected chi connectivity index (χ2v) is 4.38. The lowest BCUT2D eigenvalue weighted by atomic mass is 10.2. The number of nitrogens with two attached hydrogens (primary N) is 1. The van der Waals surface area contributed by atoms with Gasteiger partial charge < -0.3 is 15.6 Å². The van der Waals surface area contributed by atoms with Crippen LogP contribution in [0.1, 0.15) is 18.4 Å². The summed E-state index contributed by atoms with van der Waals surface area (Å²) < 4.78 is 27.0. The smallest absolute Gasteiger partial charge is 0.261 e. The minimum atomic E-state index is -2.60. The van der Waals surface area contributed by atoms with Gasteiger partial charge in [0.25, 0.3) is 12.0 Å². The molecule has 1 fully saturated rings. The van der Waals surface area contributed by atoms with Crippen LogP contribution in [0.2, 0.25) is 0 Å². The maximum absolute atomic E-state index is 13.0. The minimum Gasteiger partial charge on any atom is -0.387 e. The third-order valence-electron chi connectivity index (χ3n) is 3.26. The molecule has 1 aliphatic carbocycles. The molecule has 7 heteroatoms. The number of pyridine rings is 1. The molecule has 4 N–H and O–H groups in total. The molecule has 0 saturated heterocycles. The van der Waals surface area contributed by atoms with Crippen LogP contribution >= 0.6 is 0 Å². The molecule has 0 unspecified atom stereocenters. The zero-order valence-corrected chi connectivity index (χ0v) is 9.84. The maximum Gasteiger partial charge on any atom is 0.261 e. The van der Waals surface area contributed by atoms with Gasteiger partial charge >= 0.3 is 0 Å². The fourth-order valence-corrected chi connectivity index (χ4v) is 1.99. The zero-order valence-electron chi connectivity index (χ0n) is 9.84. The zero-order chi connectivity index (χ0) is 13.5. The number of amidine groups is 1. The first-order valence-electron chi connectivity index (χ1n) is 5.50. The van der Waals surface area contributed by atoms with E-state index in [4.69, 9.17) is 11.1 Å². The monoisotopic (exact) mass is 256 g/mol. The van der Waals surface area contributed by atoms with Crippen LogP contribution in [0.5, 0.6) is 0 Å². The van der Waals surface area contributed by atoms with Crippen molar-refractivity contribution in [3.63, 3.8) is 0 Å². The van der Waals surface area contributed by atoms with Gasteiger partial charge in [0.2, 0.25) is 0 Å². The van der Waals surface area contributed by atoms with E-state index in [-0.39, 0.29) is 24.2 Å². The number of anilines is 1. The Kier molecular flexibility index (Phi) is 2.84. The Morgan fingerprint density at radius 1 is 1.61 bits per heavy atom. The predicted molar refractivity (Wildman–Crippen MR) is 64.5 cm³/mol. The lowest BCUT2D eigenvalue weighted by molar-refractivity contribution is 0.0652. The third kappa shape index (κ3) is 1.75. The molecule has 98 valence electrons. The summed E-state index contributed by atoms with van der Waals surface area (Å²) in [5, 5.41) is 10.1. The number of hydrogen-bond acceptors (Lipinski definition) is 3. The van der Waals surface area contributed by atoms with Crippen LogP contribution in [-0.2, 0) is 5.54 Å². The molecule has 18 heavy (non-hydrogen) atoms. The largest absolute Gasteiger partial charge is 0.387 e. The number of nitrogen functional groups attached to an aromatic ring is 1. The summed E-state index contributed by atoms with van der Waals surface area (Å²) in [5.74, 6) is -0.266. The number of rotatable bonds is 4. The van der Waals surface area contributed by atoms with Gasteiger partial charge in [-0.3, -0.25) is 10.2 Å². The molecule has 1 saturated carbocycles. The second kappa shape index (κ2) is 4.08. The van der Waals surface area contributed by atoms with Crippen molar-refractivity contribution in [1.82, 2.24) is 4.57 Å². The topological polar surface area (TPSA) is 83.9 Å². The standard InChI is InChI=1S/C11H14F2N4O/c1-16-7-4-8(18)17(5-6(7)9(14)15)11(2-3-11)10(12)13/h4-5,10,16H,2-3H2,1H3,(H3,14,15). The average molecular weight is 256 g/mol. The SMILES string of the molecule is CNc1cc(=O)n(C2(C(F)F)CC2)cc1C(=N)N. The molecule has 0 spiro atoms. The highest BCUT2D eigenvalue weighted by Crippen LogP contribution is 2.47. The van der Waals surface area contributed by atoms with Crippen molar-refractivity contribution in [2.24, 2.45) is 5.73 Å². The highest BCUT2D eigenvalue weighted by Gasteiger charge is 2.53. The minimum absolute atomic E-state index is 0.254. The Balaban J connectivity index is 2.60. The summed E-state index contributed by atoms with van der Waals surface area (Å²) in [7, 11) is 1.57. The number of hydrogen-bond donors (Lipinski definition) is 3. The van der Waals surface area contributed by atoms with E-state index in [2.05, 4.69) is 5.32 Å². The highest BCUT2D eigenvalue weighted by molar-refractivity contribution is 5.99. The van der Waals surface area contributed by atoms with E-state index < -0.39 is 17.5 Å². The van der Waals surface area contributed by atoms with Crippen molar-refractivity contribution in [2.45, 2.75) is 24.8 Å². The van der Waals surface area contributed by atoms with Gasteiger partial charge in [-0.15, -0.1) is 0 Å². The average Bonchev–Trinajstić information content (AvgIpc) is 3.09. The summed E-state index contributed by atoms with van der Waals surface area (Å²) in [6, 6.07) is 1.19. The molecule has 5 nitrogen and oxygen atoms in total. The Morgan fingerprint density at radius 3 is 2.61 bits per heavy atom. The molecule has 1 aromatic rings. The maximum atomic E-state index is 13.0. The Morgan fingerprint density at radius 2 is 2.22 bits per heavy atom. The first-order chi connectivity index (χ1) is 8.42. The Hall–Kier alpha value is -1.92. The molecule has 0 radical (unpaired) electrons. The molecular formula is C11H14F2N4O. The molecule has 0 atom stereocenters. The van der Waals surface area contributed by atoms with E-state index in [0.29, 0.717) is 5.69 Å². The lowest BCUT2D eigenvalue weighted by Crippen LogP contribution is -2.36. The van der Waals surface area contributed by atoms with Crippen LogP contribution in [0.3, 0.4) is 0 Å². The molecule has 2 rings (SSSR count). The van der Waals surface area contributed by atoms with Crippen molar-refractivity contribution in [1.29, 1.82) is 5.41 Å². The van der Waals surface area contributed by atoms with E-state index >= 15 is 0 Å². The number of nitrogens with one attached hydrogen (secondary N) is 2. The number of alkyl halides is 2. The van der Waals surface area contributed by atoms with Crippen LogP contribution in [0.15, 0.2) is 17.1 Å². The summed E-state index contributed by atoms with van der Waals surface area (Å²) in [5.41, 5.74) is 4.09. The fourth-order valence-electron chi connectivity index (χ4n) is 1.99. The quantitative estimate of drug-likeness (QED) is 0.553. The molecule has 0 aliphatic heterocycles. The van der Waals surface area contributed by atoms with Gasteiger partial charge in [-0.1, -0.05) is 0 Å². The fraction of sp³-hybridized carbons (Fsp3) is 0.455. The molecular weight excluding hydrogens is 242 g/mol. The molecule has 0 amide bonds. The first kappa shape index (κ1) is 12.5. The highest BCUT2D eigenvalue weighted by atomic mass is 19.3. The number of nitrogens with zero attached hydrogens (tertiary/aromatic N) is 1. The van der Waals surface area contributed by atoms with Crippen molar-refractivity contribution in [2.75, 3.05) is 12.4 Å². The summed E-state index contributed by atoms with van der Waals surface area (Å²) in [4.78, 5) is 11.8. The van der Waals surface area contributed by atoms with Crippen molar-refractivity contribution in [3.05, 3.63) is 28.2 Å². The van der Waals surface area contributed by atoms with Crippen LogP contribution < -0.4 is 16.6 Å². The summed E-state index contributed by atoms with van der Waals surface area (Å²) >= 11 is 0. The van der Waals surface area contributed by atoms with Gasteiger partial charge in [0, 0.05) is 19.3 Å². The lowest BCUT2D eigenvalue weighted by Gasteiger charge is -2.20. The van der Waals surface area contributed by atoms with Crippen LogP contribution in [-0.4, -0.2) is 23.9 Å². The molecule has 1 aliphatic rings. The molecule has 0 aromatic carbocycles. The van der Waals surface area contributed by atoms with Crippen molar-refractivity contribution >= 4 is 11.5 Å². The molecule has 1 heterocycles. The normalized spacial score (nSPS) is 16.7. The Bertz CT molecular complexity index is 548. The number of aromatic nitrogens is 1. The van der Waals surface area contributed by atoms with Gasteiger partial charge in [0.1, 0.15) is 11.4 Å². The van der Waals surface area contributed by atoms with Crippen LogP contribution in [0.4, 0.5) is 14.5 Å².